The molecule has 2 aromatic carbocycles. The lowest BCUT2D eigenvalue weighted by Gasteiger charge is -2.04. The molecule has 7 nitrogen and oxygen atoms in total. The summed E-state index contributed by atoms with van der Waals surface area (Å²) < 4.78 is 26.2. The predicted molar refractivity (Wildman–Crippen MR) is 87.5 cm³/mol. The first-order valence-electron chi connectivity index (χ1n) is 6.76. The molecule has 0 saturated heterocycles. The van der Waals surface area contributed by atoms with Crippen LogP contribution in [-0.2, 0) is 10.0 Å². The Hall–Kier alpha value is -2.71. The molecule has 0 atom stereocenters. The fraction of sp³-hybridized carbons (Fsp3) is 0. The largest absolute Gasteiger partial charge is 0.287 e. The molecule has 3 aromatic rings. The van der Waals surface area contributed by atoms with Gasteiger partial charge in [-0.15, -0.1) is 5.10 Å². The van der Waals surface area contributed by atoms with E-state index in [9.17, 15) is 13.2 Å². The molecule has 0 radical (unpaired) electrons. The molecule has 1 N–H and O–H groups in total. The van der Waals surface area contributed by atoms with Crippen molar-refractivity contribution < 1.29 is 13.2 Å². The van der Waals surface area contributed by atoms with Crippen LogP contribution in [0.5, 0.6) is 0 Å². The third kappa shape index (κ3) is 3.44. The van der Waals surface area contributed by atoms with E-state index in [4.69, 9.17) is 11.6 Å². The van der Waals surface area contributed by atoms with Crippen LogP contribution in [0.25, 0.3) is 5.69 Å². The van der Waals surface area contributed by atoms with Gasteiger partial charge in [0.05, 0.1) is 16.8 Å². The number of halogens is 1. The summed E-state index contributed by atoms with van der Waals surface area (Å²) in [6, 6.07) is 14.2. The Bertz CT molecular complexity index is 969. The SMILES string of the molecule is O=C(NS(=O)(=O)c1ccccc1)c1cnn(-c2ccc(Cl)cc2)n1. The van der Waals surface area contributed by atoms with Gasteiger partial charge in [-0.05, 0) is 36.4 Å². The first-order chi connectivity index (χ1) is 11.5. The van der Waals surface area contributed by atoms with Gasteiger partial charge in [-0.25, -0.2) is 13.1 Å². The van der Waals surface area contributed by atoms with Crippen LogP contribution in [0.1, 0.15) is 10.5 Å². The van der Waals surface area contributed by atoms with Crippen molar-refractivity contribution >= 4 is 27.5 Å². The number of amides is 1. The Labute approximate surface area is 142 Å². The standard InChI is InChI=1S/C15H11ClN4O3S/c16-11-6-8-12(9-7-11)20-17-10-14(18-20)15(21)19-24(22,23)13-4-2-1-3-5-13/h1-10H,(H,19,21). The lowest BCUT2D eigenvalue weighted by Crippen LogP contribution is -2.30. The zero-order chi connectivity index (χ0) is 17.2. The van der Waals surface area contributed by atoms with E-state index in [0.717, 1.165) is 0 Å². The van der Waals surface area contributed by atoms with E-state index in [-0.39, 0.29) is 10.6 Å². The van der Waals surface area contributed by atoms with Crippen LogP contribution in [0.3, 0.4) is 0 Å². The van der Waals surface area contributed by atoms with Crippen LogP contribution in [0.2, 0.25) is 5.02 Å². The first-order valence-corrected chi connectivity index (χ1v) is 8.62. The summed E-state index contributed by atoms with van der Waals surface area (Å²) in [4.78, 5) is 13.3. The van der Waals surface area contributed by atoms with Crippen LogP contribution < -0.4 is 4.72 Å². The molecule has 0 bridgehead atoms. The first kappa shape index (κ1) is 16.2. The Balaban J connectivity index is 1.80. The van der Waals surface area contributed by atoms with Gasteiger partial charge in [-0.3, -0.25) is 4.79 Å². The number of nitrogens with zero attached hydrogens (tertiary/aromatic N) is 3. The van der Waals surface area contributed by atoms with Crippen LogP contribution in [-0.4, -0.2) is 29.3 Å². The van der Waals surface area contributed by atoms with E-state index < -0.39 is 15.9 Å². The quantitative estimate of drug-likeness (QED) is 0.766. The summed E-state index contributed by atoms with van der Waals surface area (Å²) in [5.74, 6) is -0.862. The second-order valence-electron chi connectivity index (χ2n) is 4.74. The van der Waals surface area contributed by atoms with Crippen molar-refractivity contribution in [3.63, 3.8) is 0 Å². The van der Waals surface area contributed by atoms with Crippen molar-refractivity contribution in [2.24, 2.45) is 0 Å². The highest BCUT2D eigenvalue weighted by Gasteiger charge is 2.20. The van der Waals surface area contributed by atoms with Gasteiger partial charge in [0.15, 0.2) is 5.69 Å². The van der Waals surface area contributed by atoms with Crippen molar-refractivity contribution in [3.8, 4) is 5.69 Å². The number of aromatic nitrogens is 3. The molecular formula is C15H11ClN4O3S. The Morgan fingerprint density at radius 1 is 1.04 bits per heavy atom. The number of carbonyl (C=O) groups is 1. The van der Waals surface area contributed by atoms with Gasteiger partial charge in [0, 0.05) is 5.02 Å². The zero-order valence-electron chi connectivity index (χ0n) is 12.1. The minimum atomic E-state index is -3.96. The highest BCUT2D eigenvalue weighted by Crippen LogP contribution is 2.12. The molecule has 0 aliphatic rings. The van der Waals surface area contributed by atoms with Crippen LogP contribution in [0.4, 0.5) is 0 Å². The maximum Gasteiger partial charge on any atom is 0.287 e. The van der Waals surface area contributed by atoms with Crippen LogP contribution in [0.15, 0.2) is 65.7 Å². The summed E-state index contributed by atoms with van der Waals surface area (Å²) >= 11 is 5.80. The van der Waals surface area contributed by atoms with Crippen molar-refractivity contribution in [2.45, 2.75) is 4.90 Å². The van der Waals surface area contributed by atoms with Gasteiger partial charge in [-0.1, -0.05) is 29.8 Å². The molecule has 1 heterocycles. The number of carbonyl (C=O) groups excluding carboxylic acids is 1. The van der Waals surface area contributed by atoms with Gasteiger partial charge in [0.1, 0.15) is 0 Å². The number of rotatable bonds is 4. The summed E-state index contributed by atoms with van der Waals surface area (Å²) in [5, 5.41) is 8.47. The van der Waals surface area contributed by atoms with E-state index in [0.29, 0.717) is 10.7 Å². The van der Waals surface area contributed by atoms with Gasteiger partial charge in [0.2, 0.25) is 0 Å². The summed E-state index contributed by atoms with van der Waals surface area (Å²) in [5.41, 5.74) is 0.467. The highest BCUT2D eigenvalue weighted by molar-refractivity contribution is 7.90. The van der Waals surface area contributed by atoms with Gasteiger partial charge < -0.3 is 0 Å². The molecule has 0 spiro atoms. The Kier molecular flexibility index (Phi) is 4.32. The lowest BCUT2D eigenvalue weighted by molar-refractivity contribution is 0.0976. The van der Waals surface area contributed by atoms with E-state index >= 15 is 0 Å². The van der Waals surface area contributed by atoms with Gasteiger partial charge in [0.25, 0.3) is 15.9 Å². The van der Waals surface area contributed by atoms with Crippen LogP contribution in [0, 0.1) is 0 Å². The summed E-state index contributed by atoms with van der Waals surface area (Å²) in [7, 11) is -3.96. The Morgan fingerprint density at radius 3 is 2.38 bits per heavy atom. The normalized spacial score (nSPS) is 11.2. The molecule has 9 heteroatoms. The molecule has 0 unspecified atom stereocenters. The molecule has 1 aromatic heterocycles. The average molecular weight is 363 g/mol. The molecule has 24 heavy (non-hydrogen) atoms. The minimum absolute atomic E-state index is 0.0107. The van der Waals surface area contributed by atoms with E-state index in [2.05, 4.69) is 10.2 Å². The summed E-state index contributed by atoms with van der Waals surface area (Å²) in [6.07, 6.45) is 1.18. The number of nitrogens with one attached hydrogen (secondary N) is 1. The van der Waals surface area contributed by atoms with Gasteiger partial charge in [-0.2, -0.15) is 9.90 Å². The molecular weight excluding hydrogens is 352 g/mol. The van der Waals surface area contributed by atoms with Gasteiger partial charge >= 0.3 is 0 Å². The predicted octanol–water partition coefficient (Wildman–Crippen LogP) is 2.04. The van der Waals surface area contributed by atoms with E-state index in [1.165, 1.54) is 23.1 Å². The molecule has 3 rings (SSSR count). The third-order valence-corrected chi connectivity index (χ3v) is 4.66. The van der Waals surface area contributed by atoms with Crippen molar-refractivity contribution in [1.82, 2.24) is 19.7 Å². The minimum Gasteiger partial charge on any atom is -0.266 e. The Morgan fingerprint density at radius 2 is 1.71 bits per heavy atom. The second kappa shape index (κ2) is 6.42. The molecule has 1 amide bonds. The fourth-order valence-electron chi connectivity index (χ4n) is 1.90. The maximum atomic E-state index is 12.1. The lowest BCUT2D eigenvalue weighted by atomic mass is 10.3. The number of sulfonamides is 1. The van der Waals surface area contributed by atoms with Crippen LogP contribution >= 0.6 is 11.6 Å². The van der Waals surface area contributed by atoms with E-state index in [1.54, 1.807) is 42.5 Å². The van der Waals surface area contributed by atoms with Crippen molar-refractivity contribution in [1.29, 1.82) is 0 Å². The maximum absolute atomic E-state index is 12.1. The highest BCUT2D eigenvalue weighted by atomic mass is 35.5. The van der Waals surface area contributed by atoms with E-state index in [1.807, 2.05) is 4.72 Å². The zero-order valence-corrected chi connectivity index (χ0v) is 13.7. The smallest absolute Gasteiger partial charge is 0.266 e. The molecule has 0 aliphatic heterocycles. The second-order valence-corrected chi connectivity index (χ2v) is 6.86. The number of hydrogen-bond acceptors (Lipinski definition) is 5. The van der Waals surface area contributed by atoms with Crippen molar-refractivity contribution in [2.75, 3.05) is 0 Å². The third-order valence-electron chi connectivity index (χ3n) is 3.06. The number of benzene rings is 2. The fourth-order valence-corrected chi connectivity index (χ4v) is 3.01. The molecule has 0 saturated carbocycles. The molecule has 122 valence electrons. The molecule has 0 fully saturated rings. The topological polar surface area (TPSA) is 94.0 Å². The monoisotopic (exact) mass is 362 g/mol. The molecule has 0 aliphatic carbocycles. The summed E-state index contributed by atoms with van der Waals surface area (Å²) in [6.45, 7) is 0. The number of hydrogen-bond donors (Lipinski definition) is 1. The average Bonchev–Trinajstić information content (AvgIpc) is 3.06. The van der Waals surface area contributed by atoms with Crippen molar-refractivity contribution in [3.05, 3.63) is 71.5 Å².